The van der Waals surface area contributed by atoms with Crippen molar-refractivity contribution in [1.29, 1.82) is 0 Å². The number of carboxylic acid groups (broad SMARTS) is 1. The SMILES string of the molecule is CCCCCCC[C@@H]1O[C@H]1C(=O)N[C@@H]1C(=O)N[C@@H](Cc2ccccc2)C(=O)N[C@@H](CCC(=O)O)C(=O)N[C@@H](Cc2c[nH]c3ccc(O)cc23)C(=O)N[C@@H](c2ccc(O)cc2)C(=O)NCC(=O)O[C@@H]1C. The van der Waals surface area contributed by atoms with Gasteiger partial charge in [0.1, 0.15) is 54.4 Å². The normalized spacial score (nSPS) is 24.0. The van der Waals surface area contributed by atoms with Crippen LogP contribution in [0.15, 0.2) is 79.0 Å². The number of fused-ring (bicyclic) bond motifs is 1. The lowest BCUT2D eigenvalue weighted by atomic mass is 10.0. The molecule has 2 fully saturated rings. The predicted molar refractivity (Wildman–Crippen MR) is 248 cm³/mol. The highest BCUT2D eigenvalue weighted by atomic mass is 16.6. The molecule has 10 N–H and O–H groups in total. The zero-order valence-corrected chi connectivity index (χ0v) is 38.3. The van der Waals surface area contributed by atoms with Crippen LogP contribution in [0.3, 0.4) is 0 Å². The molecule has 0 radical (unpaired) electrons. The van der Waals surface area contributed by atoms with Crippen LogP contribution in [0.25, 0.3) is 10.9 Å². The summed E-state index contributed by atoms with van der Waals surface area (Å²) in [6.07, 6.45) is 2.93. The highest BCUT2D eigenvalue weighted by Gasteiger charge is 2.46. The number of unbranched alkanes of at least 4 members (excludes halogenated alkanes) is 4. The number of aromatic hydroxyl groups is 2. The Labute approximate surface area is 397 Å². The fraction of sp³-hybridized carbons (Fsp3) is 0.429. The molecule has 3 heterocycles. The van der Waals surface area contributed by atoms with Crippen molar-refractivity contribution in [2.24, 2.45) is 0 Å². The second-order valence-electron chi connectivity index (χ2n) is 17.3. The summed E-state index contributed by atoms with van der Waals surface area (Å²) in [4.78, 5) is 114. The second-order valence-corrected chi connectivity index (χ2v) is 17.3. The van der Waals surface area contributed by atoms with Crippen LogP contribution in [0.5, 0.6) is 11.5 Å². The molecule has 0 saturated carbocycles. The number of ether oxygens (including phenoxy) is 2. The highest BCUT2D eigenvalue weighted by molar-refractivity contribution is 5.98. The van der Waals surface area contributed by atoms with Crippen LogP contribution in [-0.2, 0) is 60.7 Å². The molecule has 6 amide bonds. The number of cyclic esters (lactones) is 1. The summed E-state index contributed by atoms with van der Waals surface area (Å²) in [5.74, 6) is -8.03. The zero-order chi connectivity index (χ0) is 49.6. The van der Waals surface area contributed by atoms with Gasteiger partial charge in [-0.15, -0.1) is 0 Å². The lowest BCUT2D eigenvalue weighted by Gasteiger charge is -2.28. The van der Waals surface area contributed by atoms with Gasteiger partial charge in [0.25, 0.3) is 5.91 Å². The van der Waals surface area contributed by atoms with Crippen LogP contribution in [-0.4, -0.2) is 117 Å². The number of aromatic nitrogens is 1. The topological polar surface area (TPSA) is 307 Å². The Bertz CT molecular complexity index is 2480. The molecule has 20 nitrogen and oxygen atoms in total. The van der Waals surface area contributed by atoms with E-state index in [2.05, 4.69) is 43.8 Å². The Kier molecular flexibility index (Phi) is 17.7. The Morgan fingerprint density at radius 3 is 2.10 bits per heavy atom. The quantitative estimate of drug-likeness (QED) is 0.0438. The van der Waals surface area contributed by atoms with Crippen LogP contribution in [0.1, 0.15) is 87.9 Å². The summed E-state index contributed by atoms with van der Waals surface area (Å²) in [6, 6.07) is 10.4. The van der Waals surface area contributed by atoms with Gasteiger partial charge in [-0.1, -0.05) is 81.5 Å². The molecule has 2 aliphatic heterocycles. The standard InChI is InChI=1S/C49H59N7O13/c1-3-4-5-6-10-13-38-43(69-38)49(67)55-41-27(2)68-40(61)26-51-47(65)42(29-14-16-31(57)17-15-29)56-46(64)37(23-30-25-50-34-19-18-32(58)24-33(30)34)53-44(62)35(20-21-39(59)60)52-45(63)36(54-48(41)66)22-28-11-8-7-9-12-28/h7-9,11-12,14-19,24-25,27,35-38,41-43,50,57-58H,3-6,10,13,20-23,26H2,1-2H3,(H,51,65)(H,52,63)(H,53,62)(H,54,66)(H,55,67)(H,56,64)(H,59,60)/t27-,35+,36+,37+,38+,41+,42+,43-/m1/s1. The molecule has 0 aliphatic carbocycles. The zero-order valence-electron chi connectivity index (χ0n) is 38.3. The minimum atomic E-state index is -1.62. The third kappa shape index (κ3) is 14.5. The van der Waals surface area contributed by atoms with Gasteiger partial charge >= 0.3 is 11.9 Å². The molecule has 6 rings (SSSR count). The Balaban J connectivity index is 1.35. The van der Waals surface area contributed by atoms with Crippen molar-refractivity contribution >= 4 is 58.3 Å². The van der Waals surface area contributed by atoms with Crippen molar-refractivity contribution in [1.82, 2.24) is 36.9 Å². The summed E-state index contributed by atoms with van der Waals surface area (Å²) in [5.41, 5.74) is 1.72. The van der Waals surface area contributed by atoms with Crippen LogP contribution >= 0.6 is 0 Å². The van der Waals surface area contributed by atoms with Gasteiger partial charge in [0, 0.05) is 36.4 Å². The molecule has 0 bridgehead atoms. The molecule has 368 valence electrons. The Hall–Kier alpha value is -7.48. The summed E-state index contributed by atoms with van der Waals surface area (Å²) < 4.78 is 11.3. The molecule has 0 unspecified atom stereocenters. The van der Waals surface area contributed by atoms with Crippen molar-refractivity contribution in [3.8, 4) is 11.5 Å². The molecule has 69 heavy (non-hydrogen) atoms. The number of carbonyl (C=O) groups excluding carboxylic acids is 7. The first-order valence-electron chi connectivity index (χ1n) is 23.1. The van der Waals surface area contributed by atoms with Gasteiger partial charge in [0.05, 0.1) is 6.10 Å². The maximum Gasteiger partial charge on any atom is 0.325 e. The first-order valence-corrected chi connectivity index (χ1v) is 23.1. The number of carboxylic acids is 1. The van der Waals surface area contributed by atoms with Gasteiger partial charge in [-0.05, 0) is 66.8 Å². The van der Waals surface area contributed by atoms with Gasteiger partial charge in [-0.25, -0.2) is 0 Å². The van der Waals surface area contributed by atoms with Crippen LogP contribution in [0, 0.1) is 0 Å². The molecule has 1 aromatic heterocycles. The number of esters is 1. The van der Waals surface area contributed by atoms with Gasteiger partial charge in [0.2, 0.25) is 29.5 Å². The maximum atomic E-state index is 14.5. The number of phenols is 2. The molecule has 20 heteroatoms. The van der Waals surface area contributed by atoms with E-state index in [4.69, 9.17) is 9.47 Å². The molecular weight excluding hydrogens is 895 g/mol. The molecule has 4 aromatic rings. The smallest absolute Gasteiger partial charge is 0.325 e. The van der Waals surface area contributed by atoms with E-state index in [0.717, 1.165) is 32.1 Å². The molecule has 2 saturated heterocycles. The van der Waals surface area contributed by atoms with Crippen LogP contribution in [0.4, 0.5) is 0 Å². The van der Waals surface area contributed by atoms with E-state index in [1.54, 1.807) is 42.6 Å². The van der Waals surface area contributed by atoms with Crippen molar-refractivity contribution in [3.05, 3.63) is 95.7 Å². The number of hydrogen-bond donors (Lipinski definition) is 10. The number of aliphatic carboxylic acids is 1. The first kappa shape index (κ1) is 50.9. The number of aromatic amines is 1. The van der Waals surface area contributed by atoms with E-state index >= 15 is 0 Å². The van der Waals surface area contributed by atoms with Crippen LogP contribution in [0.2, 0.25) is 0 Å². The van der Waals surface area contributed by atoms with E-state index in [0.29, 0.717) is 28.5 Å². The number of rotatable bonds is 16. The monoisotopic (exact) mass is 953 g/mol. The highest BCUT2D eigenvalue weighted by Crippen LogP contribution is 2.29. The first-order chi connectivity index (χ1) is 33.1. The molecule has 3 aromatic carbocycles. The van der Waals surface area contributed by atoms with Crippen molar-refractivity contribution < 1.29 is 63.1 Å². The number of H-pyrrole nitrogens is 1. The molecule has 2 aliphatic rings. The van der Waals surface area contributed by atoms with Gasteiger partial charge < -0.3 is 61.7 Å². The average Bonchev–Trinajstić information content (AvgIpc) is 4.00. The summed E-state index contributed by atoms with van der Waals surface area (Å²) in [5, 5.41) is 46.0. The fourth-order valence-corrected chi connectivity index (χ4v) is 8.13. The van der Waals surface area contributed by atoms with Gasteiger partial charge in [-0.3, -0.25) is 38.4 Å². The number of benzene rings is 3. The third-order valence-electron chi connectivity index (χ3n) is 12.0. The van der Waals surface area contributed by atoms with E-state index in [1.165, 1.54) is 43.3 Å². The predicted octanol–water partition coefficient (Wildman–Crippen LogP) is 2.22. The number of phenolic OH excluding ortho intramolecular Hbond substituents is 2. The van der Waals surface area contributed by atoms with E-state index in [-0.39, 0.29) is 29.9 Å². The van der Waals surface area contributed by atoms with E-state index < -0.39 is 115 Å². The summed E-state index contributed by atoms with van der Waals surface area (Å²) in [7, 11) is 0. The minimum Gasteiger partial charge on any atom is -0.508 e. The van der Waals surface area contributed by atoms with Crippen molar-refractivity contribution in [3.63, 3.8) is 0 Å². The average molecular weight is 954 g/mol. The summed E-state index contributed by atoms with van der Waals surface area (Å²) in [6.45, 7) is 2.65. The van der Waals surface area contributed by atoms with Crippen LogP contribution < -0.4 is 31.9 Å². The summed E-state index contributed by atoms with van der Waals surface area (Å²) >= 11 is 0. The van der Waals surface area contributed by atoms with Crippen molar-refractivity contribution in [2.45, 2.75) is 127 Å². The van der Waals surface area contributed by atoms with E-state index in [1.807, 2.05) is 0 Å². The van der Waals surface area contributed by atoms with Gasteiger partial charge in [-0.2, -0.15) is 0 Å². The Morgan fingerprint density at radius 1 is 0.725 bits per heavy atom. The number of nitrogens with one attached hydrogen (secondary N) is 7. The number of epoxide rings is 1. The maximum absolute atomic E-state index is 14.5. The van der Waals surface area contributed by atoms with Crippen molar-refractivity contribution in [2.75, 3.05) is 6.54 Å². The molecule has 8 atom stereocenters. The molecular formula is C49H59N7O13. The fourth-order valence-electron chi connectivity index (χ4n) is 8.13. The second kappa shape index (κ2) is 24.0. The minimum absolute atomic E-state index is 0.0919. The third-order valence-corrected chi connectivity index (χ3v) is 12.0. The number of carbonyl (C=O) groups is 8. The number of amides is 6. The largest absolute Gasteiger partial charge is 0.508 e. The van der Waals surface area contributed by atoms with E-state index in [9.17, 15) is 53.7 Å². The van der Waals surface area contributed by atoms with Gasteiger partial charge in [0.15, 0.2) is 6.10 Å². The lowest BCUT2D eigenvalue weighted by molar-refractivity contribution is -0.152. The lowest BCUT2D eigenvalue weighted by Crippen LogP contribution is -2.61. The molecule has 0 spiro atoms. The Morgan fingerprint density at radius 2 is 1.38 bits per heavy atom. The number of hydrogen-bond acceptors (Lipinski definition) is 12.